The number of thiophene rings is 1. The number of halogens is 1. The summed E-state index contributed by atoms with van der Waals surface area (Å²) in [6, 6.07) is 1.72. The molecule has 0 spiro atoms. The summed E-state index contributed by atoms with van der Waals surface area (Å²) >= 11 is 7.19. The van der Waals surface area contributed by atoms with Crippen molar-refractivity contribution in [2.24, 2.45) is 0 Å². The van der Waals surface area contributed by atoms with Gasteiger partial charge in [-0.1, -0.05) is 0 Å². The summed E-state index contributed by atoms with van der Waals surface area (Å²) in [6.07, 6.45) is 0.721. The van der Waals surface area contributed by atoms with Gasteiger partial charge in [0.1, 0.15) is 11.9 Å². The van der Waals surface area contributed by atoms with E-state index in [0.29, 0.717) is 13.1 Å². The molecule has 0 bridgehead atoms. The first kappa shape index (κ1) is 18.0. The van der Waals surface area contributed by atoms with Crippen molar-refractivity contribution in [1.82, 2.24) is 15.1 Å². The van der Waals surface area contributed by atoms with Gasteiger partial charge in [0.15, 0.2) is 0 Å². The van der Waals surface area contributed by atoms with Gasteiger partial charge < -0.3 is 15.5 Å². The SMILES string of the molecule is CNC(=O)C(CCN1CCN(C(=O)CCl)CC1)Nc1ccsc1. The molecule has 0 aromatic carbocycles. The third-order valence-electron chi connectivity index (χ3n) is 4.00. The predicted octanol–water partition coefficient (Wildman–Crippen LogP) is 1.05. The zero-order valence-electron chi connectivity index (χ0n) is 13.3. The van der Waals surface area contributed by atoms with Gasteiger partial charge in [-0.2, -0.15) is 11.3 Å². The number of alkyl halides is 1. The molecule has 1 saturated heterocycles. The smallest absolute Gasteiger partial charge is 0.242 e. The van der Waals surface area contributed by atoms with Crippen LogP contribution in [0.25, 0.3) is 0 Å². The normalized spacial score (nSPS) is 16.9. The van der Waals surface area contributed by atoms with Crippen molar-refractivity contribution >= 4 is 40.4 Å². The van der Waals surface area contributed by atoms with Gasteiger partial charge >= 0.3 is 0 Å². The summed E-state index contributed by atoms with van der Waals surface area (Å²) in [4.78, 5) is 27.7. The summed E-state index contributed by atoms with van der Waals surface area (Å²) in [7, 11) is 1.65. The number of amides is 2. The molecule has 1 aromatic rings. The van der Waals surface area contributed by atoms with Crippen LogP contribution in [0.5, 0.6) is 0 Å². The molecular formula is C15H23ClN4O2S. The minimum atomic E-state index is -0.253. The zero-order chi connectivity index (χ0) is 16.7. The van der Waals surface area contributed by atoms with E-state index >= 15 is 0 Å². The molecule has 2 heterocycles. The number of nitrogens with zero attached hydrogens (tertiary/aromatic N) is 2. The van der Waals surface area contributed by atoms with Crippen molar-refractivity contribution in [2.75, 3.05) is 51.0 Å². The van der Waals surface area contributed by atoms with Gasteiger partial charge in [-0.25, -0.2) is 0 Å². The van der Waals surface area contributed by atoms with Crippen LogP contribution < -0.4 is 10.6 Å². The average molecular weight is 359 g/mol. The number of nitrogens with one attached hydrogen (secondary N) is 2. The first-order chi connectivity index (χ1) is 11.1. The highest BCUT2D eigenvalue weighted by Crippen LogP contribution is 2.15. The van der Waals surface area contributed by atoms with Gasteiger partial charge in [-0.05, 0) is 17.9 Å². The molecule has 2 rings (SSSR count). The van der Waals surface area contributed by atoms with Crippen molar-refractivity contribution < 1.29 is 9.59 Å². The number of anilines is 1. The molecule has 1 unspecified atom stereocenters. The Morgan fingerprint density at radius 3 is 2.65 bits per heavy atom. The molecule has 1 aromatic heterocycles. The molecule has 2 amide bonds. The molecule has 8 heteroatoms. The quantitative estimate of drug-likeness (QED) is 0.715. The fourth-order valence-electron chi connectivity index (χ4n) is 2.61. The second-order valence-corrected chi connectivity index (χ2v) is 6.52. The van der Waals surface area contributed by atoms with Gasteiger partial charge in [0, 0.05) is 50.8 Å². The van der Waals surface area contributed by atoms with E-state index in [0.717, 1.165) is 31.7 Å². The van der Waals surface area contributed by atoms with Gasteiger partial charge in [-0.15, -0.1) is 11.6 Å². The lowest BCUT2D eigenvalue weighted by molar-refractivity contribution is -0.130. The third kappa shape index (κ3) is 5.37. The molecule has 1 aliphatic heterocycles. The highest BCUT2D eigenvalue weighted by atomic mass is 35.5. The van der Waals surface area contributed by atoms with Crippen LogP contribution in [0, 0.1) is 0 Å². The van der Waals surface area contributed by atoms with Crippen LogP contribution in [0.4, 0.5) is 5.69 Å². The van der Waals surface area contributed by atoms with E-state index < -0.39 is 0 Å². The molecule has 1 aliphatic rings. The van der Waals surface area contributed by atoms with Gasteiger partial charge in [0.25, 0.3) is 0 Å². The maximum atomic E-state index is 12.0. The molecule has 2 N–H and O–H groups in total. The minimum Gasteiger partial charge on any atom is -0.373 e. The molecule has 6 nitrogen and oxygen atoms in total. The standard InChI is InChI=1S/C15H23ClN4O2S/c1-17-15(22)13(18-12-3-9-23-11-12)2-4-19-5-7-20(8-6-19)14(21)10-16/h3,9,11,13,18H,2,4-8,10H2,1H3,(H,17,22). The Bertz CT molecular complexity index is 504. The summed E-state index contributed by atoms with van der Waals surface area (Å²) in [6.45, 7) is 3.86. The lowest BCUT2D eigenvalue weighted by atomic mass is 10.1. The number of hydrogen-bond donors (Lipinski definition) is 2. The van der Waals surface area contributed by atoms with Crippen molar-refractivity contribution in [1.29, 1.82) is 0 Å². The Morgan fingerprint density at radius 2 is 2.09 bits per heavy atom. The second-order valence-electron chi connectivity index (χ2n) is 5.47. The van der Waals surface area contributed by atoms with Crippen LogP contribution >= 0.6 is 22.9 Å². The fraction of sp³-hybridized carbons (Fsp3) is 0.600. The second kappa shape index (κ2) is 9.10. The Labute approximate surface area is 145 Å². The van der Waals surface area contributed by atoms with E-state index in [1.165, 1.54) is 0 Å². The van der Waals surface area contributed by atoms with Crippen LogP contribution in [0.3, 0.4) is 0 Å². The monoisotopic (exact) mass is 358 g/mol. The first-order valence-corrected chi connectivity index (χ1v) is 9.18. The lowest BCUT2D eigenvalue weighted by Gasteiger charge is -2.35. The molecule has 0 radical (unpaired) electrons. The van der Waals surface area contributed by atoms with Crippen LogP contribution in [-0.4, -0.2) is 73.3 Å². The number of rotatable bonds is 7. The Hall–Kier alpha value is -1.31. The fourth-order valence-corrected chi connectivity index (χ4v) is 3.37. The van der Waals surface area contributed by atoms with Crippen molar-refractivity contribution in [3.8, 4) is 0 Å². The Balaban J connectivity index is 1.80. The van der Waals surface area contributed by atoms with Crippen LogP contribution in [-0.2, 0) is 9.59 Å². The highest BCUT2D eigenvalue weighted by molar-refractivity contribution is 7.08. The summed E-state index contributed by atoms with van der Waals surface area (Å²) < 4.78 is 0. The summed E-state index contributed by atoms with van der Waals surface area (Å²) in [5, 5.41) is 9.96. The van der Waals surface area contributed by atoms with Gasteiger partial charge in [-0.3, -0.25) is 14.5 Å². The molecule has 0 aliphatic carbocycles. The largest absolute Gasteiger partial charge is 0.373 e. The number of piperazine rings is 1. The number of carbonyl (C=O) groups is 2. The number of carbonyl (C=O) groups excluding carboxylic acids is 2. The molecular weight excluding hydrogens is 336 g/mol. The van der Waals surface area contributed by atoms with Gasteiger partial charge in [0.2, 0.25) is 11.8 Å². The van der Waals surface area contributed by atoms with Gasteiger partial charge in [0.05, 0.1) is 0 Å². The topological polar surface area (TPSA) is 64.7 Å². The van der Waals surface area contributed by atoms with E-state index in [1.54, 1.807) is 23.3 Å². The van der Waals surface area contributed by atoms with E-state index in [-0.39, 0.29) is 23.7 Å². The maximum absolute atomic E-state index is 12.0. The predicted molar refractivity (Wildman–Crippen MR) is 94.2 cm³/mol. The molecule has 128 valence electrons. The maximum Gasteiger partial charge on any atom is 0.242 e. The van der Waals surface area contributed by atoms with Crippen LogP contribution in [0.15, 0.2) is 16.8 Å². The van der Waals surface area contributed by atoms with E-state index in [4.69, 9.17) is 11.6 Å². The van der Waals surface area contributed by atoms with E-state index in [1.807, 2.05) is 16.8 Å². The number of hydrogen-bond acceptors (Lipinski definition) is 5. The first-order valence-electron chi connectivity index (χ1n) is 7.70. The molecule has 23 heavy (non-hydrogen) atoms. The minimum absolute atomic E-state index is 0.00585. The van der Waals surface area contributed by atoms with Crippen molar-refractivity contribution in [3.63, 3.8) is 0 Å². The summed E-state index contributed by atoms with van der Waals surface area (Å²) in [5.74, 6) is 0.0318. The molecule has 0 saturated carbocycles. The van der Waals surface area contributed by atoms with E-state index in [9.17, 15) is 9.59 Å². The Morgan fingerprint density at radius 1 is 1.35 bits per heavy atom. The lowest BCUT2D eigenvalue weighted by Crippen LogP contribution is -2.50. The van der Waals surface area contributed by atoms with Crippen LogP contribution in [0.1, 0.15) is 6.42 Å². The average Bonchev–Trinajstić information content (AvgIpc) is 3.10. The van der Waals surface area contributed by atoms with Crippen LogP contribution in [0.2, 0.25) is 0 Å². The van der Waals surface area contributed by atoms with E-state index in [2.05, 4.69) is 15.5 Å². The van der Waals surface area contributed by atoms with Crippen molar-refractivity contribution in [3.05, 3.63) is 16.8 Å². The number of likely N-dealkylation sites (N-methyl/N-ethyl adjacent to an activating group) is 1. The highest BCUT2D eigenvalue weighted by Gasteiger charge is 2.23. The van der Waals surface area contributed by atoms with Crippen molar-refractivity contribution in [2.45, 2.75) is 12.5 Å². The summed E-state index contributed by atoms with van der Waals surface area (Å²) in [5.41, 5.74) is 0.973. The Kier molecular flexibility index (Phi) is 7.14. The zero-order valence-corrected chi connectivity index (χ0v) is 14.8. The third-order valence-corrected chi connectivity index (χ3v) is 4.91. The molecule has 1 atom stereocenters. The molecule has 1 fully saturated rings.